The first-order valence-electron chi connectivity index (χ1n) is 4.19. The largest absolute Gasteiger partial charge is 0.390 e. The minimum Gasteiger partial charge on any atom is -0.390 e. The third-order valence-corrected chi connectivity index (χ3v) is 2.30. The molecule has 2 N–H and O–H groups in total. The SMILES string of the molecule is OCc1cc(-c2ccncc2Cl)c[nH]1. The topological polar surface area (TPSA) is 48.9 Å². The molecule has 2 aromatic heterocycles. The lowest BCUT2D eigenvalue weighted by Gasteiger charge is -1.98. The average Bonchev–Trinajstić information content (AvgIpc) is 2.67. The Morgan fingerprint density at radius 2 is 2.36 bits per heavy atom. The van der Waals surface area contributed by atoms with Crippen molar-refractivity contribution in [3.05, 3.63) is 41.4 Å². The molecule has 0 atom stereocenters. The minimum atomic E-state index is 0.00268. The van der Waals surface area contributed by atoms with Gasteiger partial charge in [-0.05, 0) is 12.1 Å². The Hall–Kier alpha value is -1.32. The molecular weight excluding hydrogens is 200 g/mol. The maximum absolute atomic E-state index is 8.89. The number of hydrogen-bond donors (Lipinski definition) is 2. The fourth-order valence-corrected chi connectivity index (χ4v) is 1.53. The van der Waals surface area contributed by atoms with Gasteiger partial charge in [0.25, 0.3) is 0 Å². The van der Waals surface area contributed by atoms with Crippen molar-refractivity contribution in [2.24, 2.45) is 0 Å². The molecule has 2 rings (SSSR count). The lowest BCUT2D eigenvalue weighted by molar-refractivity contribution is 0.277. The first-order valence-corrected chi connectivity index (χ1v) is 4.57. The summed E-state index contributed by atoms with van der Waals surface area (Å²) in [6, 6.07) is 3.70. The van der Waals surface area contributed by atoms with Gasteiger partial charge in [0.05, 0.1) is 11.6 Å². The number of aromatic amines is 1. The summed E-state index contributed by atoms with van der Waals surface area (Å²) in [4.78, 5) is 6.86. The van der Waals surface area contributed by atoms with Crippen molar-refractivity contribution in [1.82, 2.24) is 9.97 Å². The van der Waals surface area contributed by atoms with E-state index in [-0.39, 0.29) is 6.61 Å². The first kappa shape index (κ1) is 9.24. The van der Waals surface area contributed by atoms with Gasteiger partial charge in [-0.25, -0.2) is 0 Å². The van der Waals surface area contributed by atoms with Crippen LogP contribution >= 0.6 is 11.6 Å². The number of pyridine rings is 1. The van der Waals surface area contributed by atoms with E-state index in [1.54, 1.807) is 12.4 Å². The van der Waals surface area contributed by atoms with Crippen molar-refractivity contribution in [2.45, 2.75) is 6.61 Å². The zero-order valence-electron chi connectivity index (χ0n) is 7.37. The van der Waals surface area contributed by atoms with Crippen LogP contribution in [0.4, 0.5) is 0 Å². The Bertz CT molecular complexity index is 439. The van der Waals surface area contributed by atoms with Gasteiger partial charge in [-0.2, -0.15) is 0 Å². The smallest absolute Gasteiger partial charge is 0.0831 e. The van der Waals surface area contributed by atoms with Crippen molar-refractivity contribution >= 4 is 11.6 Å². The van der Waals surface area contributed by atoms with Gasteiger partial charge < -0.3 is 10.1 Å². The summed E-state index contributed by atoms with van der Waals surface area (Å²) in [5.41, 5.74) is 2.65. The number of H-pyrrole nitrogens is 1. The number of aromatic nitrogens is 2. The lowest BCUT2D eigenvalue weighted by atomic mass is 10.1. The standard InChI is InChI=1S/C10H9ClN2O/c11-10-5-12-2-1-9(10)7-3-8(6-14)13-4-7/h1-5,13-14H,6H2. The van der Waals surface area contributed by atoms with Gasteiger partial charge in [-0.15, -0.1) is 0 Å². The molecule has 0 fully saturated rings. The lowest BCUT2D eigenvalue weighted by Crippen LogP contribution is -1.79. The second-order valence-corrected chi connectivity index (χ2v) is 3.33. The molecule has 0 saturated carbocycles. The highest BCUT2D eigenvalue weighted by atomic mass is 35.5. The Morgan fingerprint density at radius 3 is 3.00 bits per heavy atom. The second-order valence-electron chi connectivity index (χ2n) is 2.93. The van der Waals surface area contributed by atoms with E-state index < -0.39 is 0 Å². The van der Waals surface area contributed by atoms with Gasteiger partial charge in [0, 0.05) is 35.4 Å². The molecule has 2 heterocycles. The molecule has 72 valence electrons. The Morgan fingerprint density at radius 1 is 1.50 bits per heavy atom. The molecule has 2 aromatic rings. The molecule has 3 nitrogen and oxygen atoms in total. The normalized spacial score (nSPS) is 10.4. The van der Waals surface area contributed by atoms with Crippen LogP contribution in [0, 0.1) is 0 Å². The molecule has 0 bridgehead atoms. The molecule has 0 aliphatic rings. The summed E-state index contributed by atoms with van der Waals surface area (Å²) >= 11 is 5.97. The monoisotopic (exact) mass is 208 g/mol. The second kappa shape index (κ2) is 3.82. The summed E-state index contributed by atoms with van der Waals surface area (Å²) in [5.74, 6) is 0. The van der Waals surface area contributed by atoms with Crippen molar-refractivity contribution in [2.75, 3.05) is 0 Å². The van der Waals surface area contributed by atoms with E-state index in [0.29, 0.717) is 5.02 Å². The van der Waals surface area contributed by atoms with Crippen LogP contribution in [0.1, 0.15) is 5.69 Å². The van der Waals surface area contributed by atoms with Crippen LogP contribution in [0.15, 0.2) is 30.7 Å². The van der Waals surface area contributed by atoms with Crippen molar-refractivity contribution < 1.29 is 5.11 Å². The maximum atomic E-state index is 8.89. The van der Waals surface area contributed by atoms with Crippen molar-refractivity contribution in [1.29, 1.82) is 0 Å². The summed E-state index contributed by atoms with van der Waals surface area (Å²) < 4.78 is 0. The Labute approximate surface area is 86.4 Å². The highest BCUT2D eigenvalue weighted by Gasteiger charge is 2.04. The molecule has 0 saturated heterocycles. The van der Waals surface area contributed by atoms with E-state index in [9.17, 15) is 0 Å². The van der Waals surface area contributed by atoms with Crippen LogP contribution in [-0.4, -0.2) is 15.1 Å². The fourth-order valence-electron chi connectivity index (χ4n) is 1.30. The van der Waals surface area contributed by atoms with Gasteiger partial charge in [-0.1, -0.05) is 11.6 Å². The Balaban J connectivity index is 2.44. The van der Waals surface area contributed by atoms with E-state index >= 15 is 0 Å². The van der Waals surface area contributed by atoms with Crippen LogP contribution in [0.5, 0.6) is 0 Å². The summed E-state index contributed by atoms with van der Waals surface area (Å²) in [6.07, 6.45) is 5.10. The number of aliphatic hydroxyl groups is 1. The summed E-state index contributed by atoms with van der Waals surface area (Å²) in [7, 11) is 0. The number of rotatable bonds is 2. The van der Waals surface area contributed by atoms with Gasteiger partial charge in [0.2, 0.25) is 0 Å². The number of halogens is 1. The molecule has 0 amide bonds. The molecule has 0 aliphatic carbocycles. The fraction of sp³-hybridized carbons (Fsp3) is 0.100. The van der Waals surface area contributed by atoms with E-state index in [2.05, 4.69) is 9.97 Å². The molecule has 0 spiro atoms. The average molecular weight is 209 g/mol. The van der Waals surface area contributed by atoms with E-state index in [4.69, 9.17) is 16.7 Å². The maximum Gasteiger partial charge on any atom is 0.0831 e. The van der Waals surface area contributed by atoms with Crippen LogP contribution in [0.3, 0.4) is 0 Å². The van der Waals surface area contributed by atoms with Gasteiger partial charge >= 0.3 is 0 Å². The first-order chi connectivity index (χ1) is 6.81. The molecule has 4 heteroatoms. The van der Waals surface area contributed by atoms with Gasteiger partial charge in [0.1, 0.15) is 0 Å². The summed E-state index contributed by atoms with van der Waals surface area (Å²) in [6.45, 7) is 0.00268. The van der Waals surface area contributed by atoms with Gasteiger partial charge in [-0.3, -0.25) is 4.98 Å². The van der Waals surface area contributed by atoms with Gasteiger partial charge in [0.15, 0.2) is 0 Å². The molecule has 0 aliphatic heterocycles. The van der Waals surface area contributed by atoms with Crippen LogP contribution in [0.2, 0.25) is 5.02 Å². The molecule has 0 radical (unpaired) electrons. The third kappa shape index (κ3) is 1.64. The number of hydrogen-bond acceptors (Lipinski definition) is 2. The van der Waals surface area contributed by atoms with Crippen molar-refractivity contribution in [3.63, 3.8) is 0 Å². The molecule has 0 aromatic carbocycles. The van der Waals surface area contributed by atoms with Crippen LogP contribution in [-0.2, 0) is 6.61 Å². The molecule has 0 unspecified atom stereocenters. The third-order valence-electron chi connectivity index (χ3n) is 2.00. The predicted molar refractivity (Wildman–Crippen MR) is 55.0 cm³/mol. The predicted octanol–water partition coefficient (Wildman–Crippen LogP) is 2.22. The van der Waals surface area contributed by atoms with E-state index in [1.165, 1.54) is 0 Å². The zero-order chi connectivity index (χ0) is 9.97. The highest BCUT2D eigenvalue weighted by molar-refractivity contribution is 6.33. The quantitative estimate of drug-likeness (QED) is 0.795. The highest BCUT2D eigenvalue weighted by Crippen LogP contribution is 2.26. The molecule has 14 heavy (non-hydrogen) atoms. The number of nitrogens with one attached hydrogen (secondary N) is 1. The zero-order valence-corrected chi connectivity index (χ0v) is 8.12. The number of aliphatic hydroxyl groups excluding tert-OH is 1. The van der Waals surface area contributed by atoms with Crippen LogP contribution < -0.4 is 0 Å². The number of nitrogens with zero attached hydrogens (tertiary/aromatic N) is 1. The van der Waals surface area contributed by atoms with E-state index in [0.717, 1.165) is 16.8 Å². The van der Waals surface area contributed by atoms with Crippen molar-refractivity contribution in [3.8, 4) is 11.1 Å². The Kier molecular flexibility index (Phi) is 2.52. The van der Waals surface area contributed by atoms with Crippen LogP contribution in [0.25, 0.3) is 11.1 Å². The summed E-state index contributed by atoms with van der Waals surface area (Å²) in [5, 5.41) is 9.50. The van der Waals surface area contributed by atoms with E-state index in [1.807, 2.05) is 18.3 Å². The molecular formula is C10H9ClN2O. The minimum absolute atomic E-state index is 0.00268.